The Morgan fingerprint density at radius 3 is 2.26 bits per heavy atom. The zero-order valence-corrected chi connectivity index (χ0v) is 21.1. The average molecular weight is 475 g/mol. The van der Waals surface area contributed by atoms with Crippen LogP contribution in [-0.4, -0.2) is 45.4 Å². The third kappa shape index (κ3) is 4.64. The lowest BCUT2D eigenvalue weighted by Crippen LogP contribution is -2.44. The summed E-state index contributed by atoms with van der Waals surface area (Å²) in [6, 6.07) is 18.4. The molecule has 3 aromatic rings. The highest BCUT2D eigenvalue weighted by atomic mass is 16.6. The Kier molecular flexibility index (Phi) is 5.61. The van der Waals surface area contributed by atoms with E-state index in [0.29, 0.717) is 19.6 Å². The lowest BCUT2D eigenvalue weighted by molar-refractivity contribution is -0.125. The van der Waals surface area contributed by atoms with E-state index < -0.39 is 11.1 Å². The third-order valence-corrected chi connectivity index (χ3v) is 7.01. The van der Waals surface area contributed by atoms with E-state index in [1.54, 1.807) is 4.90 Å². The first-order valence-electron chi connectivity index (χ1n) is 12.3. The number of piperidine rings is 1. The van der Waals surface area contributed by atoms with Crippen molar-refractivity contribution in [3.63, 3.8) is 0 Å². The minimum atomic E-state index is -0.639. The van der Waals surface area contributed by atoms with E-state index in [1.165, 1.54) is 5.56 Å². The molecule has 7 nitrogen and oxygen atoms in total. The second-order valence-corrected chi connectivity index (χ2v) is 11.4. The van der Waals surface area contributed by atoms with E-state index in [-0.39, 0.29) is 29.8 Å². The number of hydrogen-bond donors (Lipinski definition) is 1. The monoisotopic (exact) mass is 474 g/mol. The van der Waals surface area contributed by atoms with Gasteiger partial charge in [-0.2, -0.15) is 5.10 Å². The average Bonchev–Trinajstić information content (AvgIpc) is 3.11. The Morgan fingerprint density at radius 1 is 0.971 bits per heavy atom. The summed E-state index contributed by atoms with van der Waals surface area (Å²) in [5.41, 5.74) is 1.93. The molecule has 1 saturated heterocycles. The van der Waals surface area contributed by atoms with Gasteiger partial charge >= 0.3 is 6.09 Å². The predicted molar refractivity (Wildman–Crippen MR) is 135 cm³/mol. The number of carbonyl (C=O) groups is 2. The van der Waals surface area contributed by atoms with Gasteiger partial charge in [0.05, 0.1) is 23.3 Å². The van der Waals surface area contributed by atoms with Crippen molar-refractivity contribution in [2.24, 2.45) is 17.8 Å². The summed E-state index contributed by atoms with van der Waals surface area (Å²) in [6.45, 7) is 11.4. The van der Waals surface area contributed by atoms with Crippen molar-refractivity contribution in [3.8, 4) is 0 Å². The molecule has 2 amide bonds. The van der Waals surface area contributed by atoms with Gasteiger partial charge in [0.1, 0.15) is 5.60 Å². The summed E-state index contributed by atoms with van der Waals surface area (Å²) in [4.78, 5) is 27.4. The normalized spacial score (nSPS) is 21.6. The highest BCUT2D eigenvalue weighted by Gasteiger charge is 2.61. The van der Waals surface area contributed by atoms with Gasteiger partial charge in [-0.3, -0.25) is 9.48 Å². The number of para-hydroxylation sites is 1. The summed E-state index contributed by atoms with van der Waals surface area (Å²) in [6.07, 6.45) is -0.292. The van der Waals surface area contributed by atoms with Gasteiger partial charge in [-0.05, 0) is 58.1 Å². The van der Waals surface area contributed by atoms with E-state index in [1.807, 2.05) is 69.6 Å². The molecule has 2 aliphatic rings. The molecule has 0 radical (unpaired) electrons. The molecule has 5 rings (SSSR count). The van der Waals surface area contributed by atoms with Crippen molar-refractivity contribution in [2.75, 3.05) is 13.1 Å². The molecule has 1 aromatic heterocycles. The number of hydrogen-bond acceptors (Lipinski definition) is 4. The van der Waals surface area contributed by atoms with Crippen LogP contribution in [-0.2, 0) is 21.6 Å². The fourth-order valence-electron chi connectivity index (χ4n) is 5.31. The molecule has 1 N–H and O–H groups in total. The van der Waals surface area contributed by atoms with Gasteiger partial charge < -0.3 is 15.0 Å². The van der Waals surface area contributed by atoms with Crippen LogP contribution in [0, 0.1) is 17.8 Å². The number of fused-ring (bicyclic) bond motifs is 2. The van der Waals surface area contributed by atoms with Gasteiger partial charge in [0.2, 0.25) is 5.91 Å². The van der Waals surface area contributed by atoms with Crippen LogP contribution >= 0.6 is 0 Å². The zero-order chi connectivity index (χ0) is 25.0. The number of nitrogens with zero attached hydrogens (tertiary/aromatic N) is 3. The van der Waals surface area contributed by atoms with Gasteiger partial charge in [-0.25, -0.2) is 4.79 Å². The Balaban J connectivity index is 1.29. The lowest BCUT2D eigenvalue weighted by Gasteiger charge is -2.27. The van der Waals surface area contributed by atoms with Crippen LogP contribution in [0.25, 0.3) is 10.9 Å². The molecule has 184 valence electrons. The highest BCUT2D eigenvalue weighted by Crippen LogP contribution is 2.52. The standard InChI is InChI=1S/C28H34N4O3/c1-27(2,3)35-26(34)31-16-20-21(17-31)23(20)25(33)29-28(4,5)24-19-13-9-10-14-22(19)32(30-24)15-18-11-7-6-8-12-18/h6-14,20-21,23H,15-17H2,1-5H3,(H,29,33)/t20-,21+,23?. The summed E-state index contributed by atoms with van der Waals surface area (Å²) in [5.74, 6) is 0.373. The Morgan fingerprint density at radius 2 is 1.60 bits per heavy atom. The number of carbonyl (C=O) groups excluding carboxylic acids is 2. The topological polar surface area (TPSA) is 76.5 Å². The molecule has 1 aliphatic carbocycles. The van der Waals surface area contributed by atoms with E-state index in [0.717, 1.165) is 16.6 Å². The quantitative estimate of drug-likeness (QED) is 0.589. The largest absolute Gasteiger partial charge is 0.444 e. The molecule has 0 spiro atoms. The van der Waals surface area contributed by atoms with Crippen molar-refractivity contribution in [2.45, 2.75) is 52.3 Å². The number of rotatable bonds is 5. The van der Waals surface area contributed by atoms with Gasteiger partial charge in [0.15, 0.2) is 0 Å². The van der Waals surface area contributed by atoms with Gasteiger partial charge in [-0.1, -0.05) is 48.5 Å². The number of ether oxygens (including phenoxy) is 1. The summed E-state index contributed by atoms with van der Waals surface area (Å²) in [5, 5.41) is 9.27. The minimum absolute atomic E-state index is 0.0375. The van der Waals surface area contributed by atoms with Crippen molar-refractivity contribution in [1.82, 2.24) is 20.0 Å². The van der Waals surface area contributed by atoms with Crippen molar-refractivity contribution in [1.29, 1.82) is 0 Å². The highest BCUT2D eigenvalue weighted by molar-refractivity contribution is 5.87. The number of likely N-dealkylation sites (tertiary alicyclic amines) is 1. The lowest BCUT2D eigenvalue weighted by atomic mass is 9.96. The summed E-state index contributed by atoms with van der Waals surface area (Å²) in [7, 11) is 0. The fraction of sp³-hybridized carbons (Fsp3) is 0.464. The van der Waals surface area contributed by atoms with E-state index >= 15 is 0 Å². The second kappa shape index (κ2) is 8.40. The Labute approximate surface area is 206 Å². The number of benzene rings is 2. The Hall–Kier alpha value is -3.35. The number of amides is 2. The summed E-state index contributed by atoms with van der Waals surface area (Å²) >= 11 is 0. The van der Waals surface area contributed by atoms with E-state index in [2.05, 4.69) is 29.6 Å². The first-order valence-corrected chi connectivity index (χ1v) is 12.3. The molecule has 3 atom stereocenters. The van der Waals surface area contributed by atoms with Crippen LogP contribution in [0.4, 0.5) is 4.79 Å². The fourth-order valence-corrected chi connectivity index (χ4v) is 5.31. The Bertz CT molecular complexity index is 1250. The smallest absolute Gasteiger partial charge is 0.410 e. The molecule has 2 fully saturated rings. The van der Waals surface area contributed by atoms with Crippen molar-refractivity contribution >= 4 is 22.9 Å². The van der Waals surface area contributed by atoms with Crippen molar-refractivity contribution in [3.05, 3.63) is 65.9 Å². The van der Waals surface area contributed by atoms with Gasteiger partial charge in [0, 0.05) is 24.4 Å². The zero-order valence-electron chi connectivity index (χ0n) is 21.1. The second-order valence-electron chi connectivity index (χ2n) is 11.4. The van der Waals surface area contributed by atoms with E-state index in [9.17, 15) is 9.59 Å². The molecule has 7 heteroatoms. The first-order chi connectivity index (χ1) is 16.5. The van der Waals surface area contributed by atoms with Crippen molar-refractivity contribution < 1.29 is 14.3 Å². The maximum atomic E-state index is 13.3. The van der Waals surface area contributed by atoms with Crippen LogP contribution in [0.3, 0.4) is 0 Å². The SMILES string of the molecule is CC(C)(C)OC(=O)N1C[C@@H]2C(C(=O)NC(C)(C)c3nn(Cc4ccccc4)c4ccccc34)[C@@H]2C1. The van der Waals surface area contributed by atoms with Crippen LogP contribution in [0.15, 0.2) is 54.6 Å². The van der Waals surface area contributed by atoms with Crippen LogP contribution in [0.5, 0.6) is 0 Å². The summed E-state index contributed by atoms with van der Waals surface area (Å²) < 4.78 is 7.50. The van der Waals surface area contributed by atoms with Gasteiger partial charge in [0.25, 0.3) is 0 Å². The molecule has 1 saturated carbocycles. The van der Waals surface area contributed by atoms with E-state index in [4.69, 9.17) is 9.84 Å². The van der Waals surface area contributed by atoms with Gasteiger partial charge in [-0.15, -0.1) is 0 Å². The molecule has 1 aliphatic heterocycles. The minimum Gasteiger partial charge on any atom is -0.444 e. The maximum Gasteiger partial charge on any atom is 0.410 e. The molecule has 1 unspecified atom stereocenters. The maximum absolute atomic E-state index is 13.3. The van der Waals surface area contributed by atoms with Crippen LogP contribution in [0.2, 0.25) is 0 Å². The van der Waals surface area contributed by atoms with Crippen LogP contribution < -0.4 is 5.32 Å². The predicted octanol–water partition coefficient (Wildman–Crippen LogP) is 4.55. The molecule has 2 aromatic carbocycles. The first kappa shape index (κ1) is 23.4. The molecular formula is C28H34N4O3. The molecule has 0 bridgehead atoms. The number of nitrogens with one attached hydrogen (secondary N) is 1. The molecule has 2 heterocycles. The molecule has 35 heavy (non-hydrogen) atoms. The number of aromatic nitrogens is 2. The third-order valence-electron chi connectivity index (χ3n) is 7.01. The van der Waals surface area contributed by atoms with Crippen LogP contribution in [0.1, 0.15) is 45.9 Å². The molecular weight excluding hydrogens is 440 g/mol.